The van der Waals surface area contributed by atoms with Crippen LogP contribution in [0.5, 0.6) is 11.5 Å². The monoisotopic (exact) mass is 382 g/mol. The zero-order valence-corrected chi connectivity index (χ0v) is 15.6. The summed E-state index contributed by atoms with van der Waals surface area (Å²) in [7, 11) is -0.837. The van der Waals surface area contributed by atoms with E-state index >= 15 is 0 Å². The lowest BCUT2D eigenvalue weighted by Crippen LogP contribution is -2.48. The van der Waals surface area contributed by atoms with Crippen molar-refractivity contribution in [1.82, 2.24) is 9.21 Å². The highest BCUT2D eigenvalue weighted by Gasteiger charge is 2.39. The van der Waals surface area contributed by atoms with Crippen molar-refractivity contribution in [2.75, 3.05) is 27.3 Å². The largest absolute Gasteiger partial charge is 0.497 e. The predicted octanol–water partition coefficient (Wildman–Crippen LogP) is 1.01. The van der Waals surface area contributed by atoms with E-state index < -0.39 is 10.0 Å². The minimum atomic E-state index is -3.74. The first-order valence-electron chi connectivity index (χ1n) is 8.45. The van der Waals surface area contributed by atoms with Gasteiger partial charge in [-0.2, -0.15) is 4.31 Å². The van der Waals surface area contributed by atoms with Crippen molar-refractivity contribution < 1.29 is 27.5 Å². The average molecular weight is 382 g/mol. The lowest BCUT2D eigenvalue weighted by molar-refractivity contribution is -0.141. The van der Waals surface area contributed by atoms with Crippen LogP contribution in [0.3, 0.4) is 0 Å². The molecule has 0 aromatic heterocycles. The molecular weight excluding hydrogens is 360 g/mol. The Morgan fingerprint density at radius 2 is 1.62 bits per heavy atom. The molecular formula is C17H22N2O6S. The zero-order chi connectivity index (χ0) is 18.9. The smallest absolute Gasteiger partial charge is 0.246 e. The third kappa shape index (κ3) is 3.28. The number of hydrogen-bond acceptors (Lipinski definition) is 6. The molecule has 2 fully saturated rings. The van der Waals surface area contributed by atoms with Crippen molar-refractivity contribution in [3.63, 3.8) is 0 Å². The number of benzene rings is 1. The van der Waals surface area contributed by atoms with Crippen molar-refractivity contribution in [3.05, 3.63) is 18.2 Å². The Balaban J connectivity index is 1.76. The van der Waals surface area contributed by atoms with E-state index in [0.29, 0.717) is 18.6 Å². The van der Waals surface area contributed by atoms with Crippen LogP contribution in [0, 0.1) is 0 Å². The fourth-order valence-electron chi connectivity index (χ4n) is 3.47. The average Bonchev–Trinajstić information content (AvgIpc) is 2.99. The fourth-order valence-corrected chi connectivity index (χ4v) is 5.08. The molecule has 2 aliphatic rings. The third-order valence-corrected chi connectivity index (χ3v) is 6.81. The second kappa shape index (κ2) is 7.24. The number of methoxy groups -OCH3 is 2. The third-order valence-electron chi connectivity index (χ3n) is 4.87. The van der Waals surface area contributed by atoms with Gasteiger partial charge in [0.05, 0.1) is 14.2 Å². The summed E-state index contributed by atoms with van der Waals surface area (Å²) in [6, 6.07) is 4.35. The lowest BCUT2D eigenvalue weighted by Gasteiger charge is -2.35. The summed E-state index contributed by atoms with van der Waals surface area (Å²) in [6.07, 6.45) is 1.38. The standard InChI is InChI=1S/C17H22N2O6S/c1-24-13-3-4-15(14(11-13)25-2)26(22,23)18-9-7-12(8-10-18)19-16(20)5-6-17(19)21/h3-4,11-12H,5-10H2,1-2H3. The van der Waals surface area contributed by atoms with Gasteiger partial charge in [0.15, 0.2) is 0 Å². The van der Waals surface area contributed by atoms with E-state index in [-0.39, 0.29) is 54.4 Å². The quantitative estimate of drug-likeness (QED) is 0.706. The minimum Gasteiger partial charge on any atom is -0.497 e. The van der Waals surface area contributed by atoms with Crippen LogP contribution in [-0.2, 0) is 19.6 Å². The first-order valence-corrected chi connectivity index (χ1v) is 9.89. The number of carbonyl (C=O) groups excluding carboxylic acids is 2. The van der Waals surface area contributed by atoms with Crippen LogP contribution in [-0.4, -0.2) is 62.8 Å². The Hall–Kier alpha value is -2.13. The van der Waals surface area contributed by atoms with Gasteiger partial charge in [-0.05, 0) is 25.0 Å². The molecule has 2 saturated heterocycles. The Kier molecular flexibility index (Phi) is 5.19. The molecule has 3 rings (SSSR count). The number of sulfonamides is 1. The van der Waals surface area contributed by atoms with Gasteiger partial charge in [-0.3, -0.25) is 14.5 Å². The molecule has 26 heavy (non-hydrogen) atoms. The lowest BCUT2D eigenvalue weighted by atomic mass is 10.1. The molecule has 0 spiro atoms. The minimum absolute atomic E-state index is 0.0765. The Bertz CT molecular complexity index is 799. The van der Waals surface area contributed by atoms with Crippen molar-refractivity contribution in [2.24, 2.45) is 0 Å². The van der Waals surface area contributed by atoms with Gasteiger partial charge in [0.1, 0.15) is 16.4 Å². The van der Waals surface area contributed by atoms with Crippen LogP contribution < -0.4 is 9.47 Å². The van der Waals surface area contributed by atoms with E-state index in [2.05, 4.69) is 0 Å². The number of nitrogens with zero attached hydrogens (tertiary/aromatic N) is 2. The highest BCUT2D eigenvalue weighted by atomic mass is 32.2. The molecule has 1 aromatic rings. The van der Waals surface area contributed by atoms with Crippen LogP contribution >= 0.6 is 0 Å². The van der Waals surface area contributed by atoms with E-state index in [4.69, 9.17) is 9.47 Å². The number of amides is 2. The summed E-state index contributed by atoms with van der Waals surface area (Å²) in [5.41, 5.74) is 0. The molecule has 142 valence electrons. The summed E-state index contributed by atoms with van der Waals surface area (Å²) in [5, 5.41) is 0. The van der Waals surface area contributed by atoms with Gasteiger partial charge in [-0.15, -0.1) is 0 Å². The number of likely N-dealkylation sites (tertiary alicyclic amines) is 1. The van der Waals surface area contributed by atoms with E-state index in [9.17, 15) is 18.0 Å². The summed E-state index contributed by atoms with van der Waals surface area (Å²) in [4.78, 5) is 25.1. The van der Waals surface area contributed by atoms with Crippen LogP contribution in [0.2, 0.25) is 0 Å². The number of imide groups is 1. The van der Waals surface area contributed by atoms with Crippen LogP contribution in [0.1, 0.15) is 25.7 Å². The van der Waals surface area contributed by atoms with Gasteiger partial charge in [0.25, 0.3) is 0 Å². The zero-order valence-electron chi connectivity index (χ0n) is 14.8. The number of ether oxygens (including phenoxy) is 2. The van der Waals surface area contributed by atoms with Gasteiger partial charge in [-0.1, -0.05) is 0 Å². The van der Waals surface area contributed by atoms with E-state index in [1.54, 1.807) is 6.07 Å². The molecule has 2 amide bonds. The summed E-state index contributed by atoms with van der Waals surface area (Å²) in [5.74, 6) is 0.406. The molecule has 9 heteroatoms. The van der Waals surface area contributed by atoms with Gasteiger partial charge in [-0.25, -0.2) is 8.42 Å². The SMILES string of the molecule is COc1ccc(S(=O)(=O)N2CCC(N3C(=O)CCC3=O)CC2)c(OC)c1. The van der Waals surface area contributed by atoms with Crippen LogP contribution in [0.25, 0.3) is 0 Å². The topological polar surface area (TPSA) is 93.2 Å². The van der Waals surface area contributed by atoms with Gasteiger partial charge >= 0.3 is 0 Å². The van der Waals surface area contributed by atoms with E-state index in [0.717, 1.165) is 0 Å². The molecule has 0 bridgehead atoms. The van der Waals surface area contributed by atoms with Gasteiger partial charge < -0.3 is 9.47 Å². The number of hydrogen-bond donors (Lipinski definition) is 0. The normalized spacial score (nSPS) is 19.8. The summed E-state index contributed by atoms with van der Waals surface area (Å²) in [6.45, 7) is 0.498. The highest BCUT2D eigenvalue weighted by Crippen LogP contribution is 2.32. The van der Waals surface area contributed by atoms with Crippen molar-refractivity contribution >= 4 is 21.8 Å². The van der Waals surface area contributed by atoms with Gasteiger partial charge in [0, 0.05) is 38.0 Å². The van der Waals surface area contributed by atoms with E-state index in [1.807, 2.05) is 0 Å². The number of piperidine rings is 1. The van der Waals surface area contributed by atoms with Crippen molar-refractivity contribution in [1.29, 1.82) is 0 Å². The second-order valence-corrected chi connectivity index (χ2v) is 8.22. The molecule has 8 nitrogen and oxygen atoms in total. The Labute approximate surface area is 152 Å². The Morgan fingerprint density at radius 1 is 1.00 bits per heavy atom. The number of carbonyl (C=O) groups is 2. The van der Waals surface area contributed by atoms with E-state index in [1.165, 1.54) is 35.6 Å². The first kappa shape index (κ1) is 18.7. The van der Waals surface area contributed by atoms with Crippen molar-refractivity contribution in [3.8, 4) is 11.5 Å². The molecule has 2 aliphatic heterocycles. The highest BCUT2D eigenvalue weighted by molar-refractivity contribution is 7.89. The molecule has 0 aliphatic carbocycles. The fraction of sp³-hybridized carbons (Fsp3) is 0.529. The molecule has 2 heterocycles. The summed E-state index contributed by atoms with van der Waals surface area (Å²) >= 11 is 0. The molecule has 1 aromatic carbocycles. The molecule has 0 radical (unpaired) electrons. The molecule has 0 saturated carbocycles. The van der Waals surface area contributed by atoms with Crippen LogP contribution in [0.15, 0.2) is 23.1 Å². The second-order valence-electron chi connectivity index (χ2n) is 6.31. The molecule has 0 N–H and O–H groups in total. The maximum absolute atomic E-state index is 13.0. The molecule has 0 atom stereocenters. The first-order chi connectivity index (χ1) is 12.4. The predicted molar refractivity (Wildman–Crippen MR) is 92.4 cm³/mol. The van der Waals surface area contributed by atoms with Crippen LogP contribution in [0.4, 0.5) is 0 Å². The maximum Gasteiger partial charge on any atom is 0.246 e. The van der Waals surface area contributed by atoms with Gasteiger partial charge in [0.2, 0.25) is 21.8 Å². The summed E-state index contributed by atoms with van der Waals surface area (Å²) < 4.78 is 37.7. The molecule has 0 unspecified atom stereocenters. The maximum atomic E-state index is 13.0. The Morgan fingerprint density at radius 3 is 2.15 bits per heavy atom. The van der Waals surface area contributed by atoms with Crippen molar-refractivity contribution in [2.45, 2.75) is 36.6 Å². The number of rotatable bonds is 5.